The van der Waals surface area contributed by atoms with Crippen molar-refractivity contribution < 1.29 is 45.4 Å². The summed E-state index contributed by atoms with van der Waals surface area (Å²) in [6.45, 7) is 0.939. The largest absolute Gasteiger partial charge is 0.431 e. The lowest BCUT2D eigenvalue weighted by molar-refractivity contribution is -0.347. The molecule has 0 aliphatic heterocycles. The zero-order chi connectivity index (χ0) is 18.1. The van der Waals surface area contributed by atoms with E-state index in [-0.39, 0.29) is 0 Å². The summed E-state index contributed by atoms with van der Waals surface area (Å²) in [5.41, 5.74) is -6.18. The van der Waals surface area contributed by atoms with Crippen LogP contribution >= 0.6 is 0 Å². The normalized spacial score (nSPS) is 14.5. The molecule has 1 atom stereocenters. The number of esters is 1. The number of carbonyl (C=O) groups excluding carboxylic acids is 1. The van der Waals surface area contributed by atoms with Crippen LogP contribution in [0.25, 0.3) is 0 Å². The van der Waals surface area contributed by atoms with Crippen LogP contribution < -0.4 is 4.74 Å². The summed E-state index contributed by atoms with van der Waals surface area (Å²) in [5.74, 6) is -1.37. The molecule has 0 spiro atoms. The van der Waals surface area contributed by atoms with E-state index in [1.54, 1.807) is 0 Å². The maximum absolute atomic E-state index is 13.6. The topological polar surface area (TPSA) is 46.5 Å². The molecule has 1 N–H and O–H groups in total. The molecule has 3 nitrogen and oxygen atoms in total. The van der Waals surface area contributed by atoms with Gasteiger partial charge in [-0.15, -0.1) is 0 Å². The van der Waals surface area contributed by atoms with E-state index in [1.807, 2.05) is 0 Å². The van der Waals surface area contributed by atoms with Gasteiger partial charge in [0, 0.05) is 18.9 Å². The SMILES string of the molecule is CC(=O)Oc1ccccc1C(O)CC(F)(C(F)(F)F)C(F)(F)F. The van der Waals surface area contributed by atoms with Gasteiger partial charge in [0.05, 0.1) is 6.10 Å². The van der Waals surface area contributed by atoms with Gasteiger partial charge in [-0.3, -0.25) is 4.79 Å². The first-order valence-corrected chi connectivity index (χ1v) is 6.07. The average Bonchev–Trinajstić information content (AvgIpc) is 2.35. The third-order valence-electron chi connectivity index (χ3n) is 2.90. The molecule has 1 aromatic carbocycles. The molecule has 1 aromatic rings. The molecular weight excluding hydrogens is 337 g/mol. The monoisotopic (exact) mass is 348 g/mol. The second kappa shape index (κ2) is 6.34. The van der Waals surface area contributed by atoms with Gasteiger partial charge < -0.3 is 9.84 Å². The van der Waals surface area contributed by atoms with E-state index in [0.717, 1.165) is 19.1 Å². The summed E-state index contributed by atoms with van der Waals surface area (Å²) in [6, 6.07) is 4.41. The number of alkyl halides is 7. The molecule has 1 unspecified atom stereocenters. The van der Waals surface area contributed by atoms with Crippen LogP contribution in [-0.2, 0) is 4.79 Å². The highest BCUT2D eigenvalue weighted by molar-refractivity contribution is 5.69. The summed E-state index contributed by atoms with van der Waals surface area (Å²) >= 11 is 0. The van der Waals surface area contributed by atoms with E-state index in [9.17, 15) is 40.6 Å². The quantitative estimate of drug-likeness (QED) is 0.511. The highest BCUT2D eigenvalue weighted by Crippen LogP contribution is 2.51. The lowest BCUT2D eigenvalue weighted by atomic mass is 9.92. The Morgan fingerprint density at radius 2 is 1.57 bits per heavy atom. The van der Waals surface area contributed by atoms with E-state index in [0.29, 0.717) is 0 Å². The van der Waals surface area contributed by atoms with Crippen molar-refractivity contribution in [2.45, 2.75) is 37.5 Å². The van der Waals surface area contributed by atoms with Crippen LogP contribution in [0.15, 0.2) is 24.3 Å². The number of aliphatic hydroxyl groups is 1. The lowest BCUT2D eigenvalue weighted by Crippen LogP contribution is -2.54. The molecule has 0 fully saturated rings. The Labute approximate surface area is 125 Å². The minimum Gasteiger partial charge on any atom is -0.426 e. The molecule has 130 valence electrons. The van der Waals surface area contributed by atoms with Gasteiger partial charge in [0.2, 0.25) is 0 Å². The number of hydrogen-bond donors (Lipinski definition) is 1. The maximum atomic E-state index is 13.6. The van der Waals surface area contributed by atoms with Crippen LogP contribution in [0.5, 0.6) is 5.75 Å². The molecule has 0 bridgehead atoms. The fourth-order valence-corrected chi connectivity index (χ4v) is 1.77. The molecule has 0 amide bonds. The van der Waals surface area contributed by atoms with Crippen molar-refractivity contribution in [3.8, 4) is 5.75 Å². The second-order valence-corrected chi connectivity index (χ2v) is 4.65. The lowest BCUT2D eigenvalue weighted by Gasteiger charge is -2.31. The summed E-state index contributed by atoms with van der Waals surface area (Å²) < 4.78 is 93.2. The van der Waals surface area contributed by atoms with Gasteiger partial charge in [-0.1, -0.05) is 18.2 Å². The van der Waals surface area contributed by atoms with Gasteiger partial charge >= 0.3 is 24.0 Å². The van der Waals surface area contributed by atoms with E-state index in [2.05, 4.69) is 4.74 Å². The molecule has 0 aliphatic carbocycles. The van der Waals surface area contributed by atoms with Gasteiger partial charge in [0.1, 0.15) is 5.75 Å². The van der Waals surface area contributed by atoms with Crippen molar-refractivity contribution >= 4 is 5.97 Å². The number of carbonyl (C=O) groups is 1. The first kappa shape index (κ1) is 19.2. The molecule has 0 saturated carbocycles. The first-order valence-electron chi connectivity index (χ1n) is 6.07. The highest BCUT2D eigenvalue weighted by Gasteiger charge is 2.72. The van der Waals surface area contributed by atoms with Crippen molar-refractivity contribution in [3.63, 3.8) is 0 Å². The molecular formula is C13H11F7O3. The summed E-state index contributed by atoms with van der Waals surface area (Å²) in [5, 5.41) is 9.65. The molecule has 0 heterocycles. The van der Waals surface area contributed by atoms with Crippen LogP contribution in [0, 0.1) is 0 Å². The summed E-state index contributed by atoms with van der Waals surface area (Å²) in [4.78, 5) is 10.9. The Balaban J connectivity index is 3.20. The fourth-order valence-electron chi connectivity index (χ4n) is 1.77. The summed E-state index contributed by atoms with van der Waals surface area (Å²) in [7, 11) is 0. The molecule has 0 aromatic heterocycles. The third-order valence-corrected chi connectivity index (χ3v) is 2.90. The minimum absolute atomic E-state index is 0.459. The predicted octanol–water partition coefficient (Wildman–Crippen LogP) is 3.87. The Kier molecular flexibility index (Phi) is 5.30. The van der Waals surface area contributed by atoms with Crippen molar-refractivity contribution in [2.24, 2.45) is 0 Å². The van der Waals surface area contributed by atoms with Gasteiger partial charge in [0.25, 0.3) is 0 Å². The first-order chi connectivity index (χ1) is 10.3. The van der Waals surface area contributed by atoms with E-state index < -0.39 is 47.8 Å². The number of halogens is 7. The van der Waals surface area contributed by atoms with Crippen LogP contribution in [0.1, 0.15) is 25.0 Å². The number of hydrogen-bond acceptors (Lipinski definition) is 3. The number of ether oxygens (including phenoxy) is 1. The van der Waals surface area contributed by atoms with Gasteiger partial charge in [0.15, 0.2) is 0 Å². The molecule has 0 aliphatic rings. The Bertz CT molecular complexity index is 551. The van der Waals surface area contributed by atoms with Crippen molar-refractivity contribution in [2.75, 3.05) is 0 Å². The van der Waals surface area contributed by atoms with E-state index in [1.165, 1.54) is 12.1 Å². The minimum atomic E-state index is -6.28. The second-order valence-electron chi connectivity index (χ2n) is 4.65. The van der Waals surface area contributed by atoms with Crippen LogP contribution in [0.3, 0.4) is 0 Å². The Morgan fingerprint density at radius 3 is 2.00 bits per heavy atom. The Hall–Kier alpha value is -1.84. The molecule has 10 heteroatoms. The van der Waals surface area contributed by atoms with Crippen molar-refractivity contribution in [1.82, 2.24) is 0 Å². The molecule has 0 radical (unpaired) electrons. The van der Waals surface area contributed by atoms with Gasteiger partial charge in [-0.25, -0.2) is 4.39 Å². The fraction of sp³-hybridized carbons (Fsp3) is 0.462. The number of para-hydroxylation sites is 1. The smallest absolute Gasteiger partial charge is 0.426 e. The van der Waals surface area contributed by atoms with Crippen molar-refractivity contribution in [3.05, 3.63) is 29.8 Å². The van der Waals surface area contributed by atoms with Crippen LogP contribution in [0.4, 0.5) is 30.7 Å². The van der Waals surface area contributed by atoms with Gasteiger partial charge in [-0.2, -0.15) is 26.3 Å². The van der Waals surface area contributed by atoms with Crippen molar-refractivity contribution in [1.29, 1.82) is 0 Å². The average molecular weight is 348 g/mol. The zero-order valence-corrected chi connectivity index (χ0v) is 11.5. The van der Waals surface area contributed by atoms with Gasteiger partial charge in [-0.05, 0) is 6.07 Å². The van der Waals surface area contributed by atoms with E-state index in [4.69, 9.17) is 0 Å². The number of aliphatic hydroxyl groups excluding tert-OH is 1. The molecule has 23 heavy (non-hydrogen) atoms. The van der Waals surface area contributed by atoms with Crippen LogP contribution in [0.2, 0.25) is 0 Å². The van der Waals surface area contributed by atoms with Crippen LogP contribution in [-0.4, -0.2) is 29.1 Å². The summed E-state index contributed by atoms with van der Waals surface area (Å²) in [6.07, 6.45) is -17.4. The highest BCUT2D eigenvalue weighted by atomic mass is 19.4. The number of benzene rings is 1. The zero-order valence-electron chi connectivity index (χ0n) is 11.5. The molecule has 1 rings (SSSR count). The predicted molar refractivity (Wildman–Crippen MR) is 63.3 cm³/mol. The maximum Gasteiger partial charge on any atom is 0.431 e. The number of rotatable bonds is 4. The molecule has 0 saturated heterocycles. The van der Waals surface area contributed by atoms with E-state index >= 15 is 0 Å². The standard InChI is InChI=1S/C13H11F7O3/c1-7(21)23-10-5-3-2-4-8(10)9(22)6-11(14,12(15,16)17)13(18,19)20/h2-5,9,22H,6H2,1H3. The third kappa shape index (κ3) is 4.12. The Morgan fingerprint density at radius 1 is 1.09 bits per heavy atom.